The van der Waals surface area contributed by atoms with Crippen molar-refractivity contribution in [3.63, 3.8) is 0 Å². The molecular weight excluding hydrogens is 358 g/mol. The second kappa shape index (κ2) is 6.34. The molecule has 8 heteroatoms. The van der Waals surface area contributed by atoms with Crippen LogP contribution < -0.4 is 5.56 Å². The molecular formula is C17H17N3O3S2. The van der Waals surface area contributed by atoms with Crippen molar-refractivity contribution in [2.24, 2.45) is 0 Å². The average Bonchev–Trinajstić information content (AvgIpc) is 3.12. The van der Waals surface area contributed by atoms with Crippen LogP contribution in [0.1, 0.15) is 49.5 Å². The van der Waals surface area contributed by atoms with Gasteiger partial charge in [-0.05, 0) is 39.5 Å². The molecule has 0 bridgehead atoms. The van der Waals surface area contributed by atoms with Gasteiger partial charge in [0.2, 0.25) is 0 Å². The van der Waals surface area contributed by atoms with Crippen molar-refractivity contribution < 1.29 is 9.53 Å². The minimum atomic E-state index is -0.421. The standard InChI is InChI=1S/C17H17N3O3S2/c1-9-15(24-10(2)18-9)16(22)23-8-11-7-14(21)20-12-5-3-4-6-13(12)25-17(20)19-11/h7H,3-6,8H2,1-2H3. The second-order valence-corrected chi connectivity index (χ2v) is 8.37. The lowest BCUT2D eigenvalue weighted by atomic mass is 10.0. The van der Waals surface area contributed by atoms with Crippen LogP contribution in [0.4, 0.5) is 0 Å². The van der Waals surface area contributed by atoms with Gasteiger partial charge in [0.15, 0.2) is 4.96 Å². The summed E-state index contributed by atoms with van der Waals surface area (Å²) in [5, 5.41) is 0.825. The minimum Gasteiger partial charge on any atom is -0.455 e. The Kier molecular flexibility index (Phi) is 4.16. The Labute approximate surface area is 152 Å². The van der Waals surface area contributed by atoms with E-state index in [1.165, 1.54) is 22.3 Å². The summed E-state index contributed by atoms with van der Waals surface area (Å²) in [6.45, 7) is 3.62. The van der Waals surface area contributed by atoms with Crippen LogP contribution in [-0.2, 0) is 24.2 Å². The Balaban J connectivity index is 1.59. The van der Waals surface area contributed by atoms with E-state index in [1.54, 1.807) is 22.7 Å². The first-order valence-electron chi connectivity index (χ1n) is 8.17. The largest absolute Gasteiger partial charge is 0.455 e. The van der Waals surface area contributed by atoms with Crippen molar-refractivity contribution in [2.45, 2.75) is 46.1 Å². The zero-order chi connectivity index (χ0) is 17.6. The summed E-state index contributed by atoms with van der Waals surface area (Å²) in [5.74, 6) is -0.421. The predicted molar refractivity (Wildman–Crippen MR) is 96.7 cm³/mol. The van der Waals surface area contributed by atoms with Crippen molar-refractivity contribution in [3.8, 4) is 0 Å². The summed E-state index contributed by atoms with van der Waals surface area (Å²) in [5.41, 5.74) is 2.15. The van der Waals surface area contributed by atoms with Crippen LogP contribution in [0.5, 0.6) is 0 Å². The highest BCUT2D eigenvalue weighted by atomic mass is 32.1. The average molecular weight is 375 g/mol. The van der Waals surface area contributed by atoms with Gasteiger partial charge in [-0.15, -0.1) is 22.7 Å². The van der Waals surface area contributed by atoms with Crippen LogP contribution >= 0.6 is 22.7 Å². The van der Waals surface area contributed by atoms with Gasteiger partial charge in [0, 0.05) is 16.6 Å². The zero-order valence-corrected chi connectivity index (χ0v) is 15.6. The molecule has 3 heterocycles. The molecule has 1 aliphatic rings. The highest BCUT2D eigenvalue weighted by molar-refractivity contribution is 7.17. The van der Waals surface area contributed by atoms with Gasteiger partial charge in [-0.1, -0.05) is 0 Å². The number of rotatable bonds is 3. The number of hydrogen-bond acceptors (Lipinski definition) is 7. The smallest absolute Gasteiger partial charge is 0.350 e. The fourth-order valence-corrected chi connectivity index (χ4v) is 5.19. The molecule has 25 heavy (non-hydrogen) atoms. The summed E-state index contributed by atoms with van der Waals surface area (Å²) < 4.78 is 7.05. The summed E-state index contributed by atoms with van der Waals surface area (Å²) in [6, 6.07) is 1.46. The number of carbonyl (C=O) groups is 1. The second-order valence-electron chi connectivity index (χ2n) is 6.11. The van der Waals surface area contributed by atoms with E-state index in [0.717, 1.165) is 36.4 Å². The maximum Gasteiger partial charge on any atom is 0.350 e. The van der Waals surface area contributed by atoms with Crippen molar-refractivity contribution in [3.05, 3.63) is 48.3 Å². The molecule has 0 atom stereocenters. The van der Waals surface area contributed by atoms with Gasteiger partial charge in [-0.25, -0.2) is 14.8 Å². The lowest BCUT2D eigenvalue weighted by Crippen LogP contribution is -2.18. The lowest BCUT2D eigenvalue weighted by molar-refractivity contribution is 0.0472. The van der Waals surface area contributed by atoms with Gasteiger partial charge in [-0.2, -0.15) is 0 Å². The summed E-state index contributed by atoms with van der Waals surface area (Å²) in [6.07, 6.45) is 4.21. The maximum atomic E-state index is 12.5. The fraction of sp³-hybridized carbons (Fsp3) is 0.412. The topological polar surface area (TPSA) is 73.6 Å². The number of ether oxygens (including phenoxy) is 1. The third-order valence-corrected chi connectivity index (χ3v) is 6.45. The van der Waals surface area contributed by atoms with Gasteiger partial charge < -0.3 is 4.74 Å². The highest BCUT2D eigenvalue weighted by Crippen LogP contribution is 2.28. The van der Waals surface area contributed by atoms with Crippen molar-refractivity contribution in [1.29, 1.82) is 0 Å². The van der Waals surface area contributed by atoms with Gasteiger partial charge in [0.05, 0.1) is 16.4 Å². The van der Waals surface area contributed by atoms with Crippen LogP contribution in [0, 0.1) is 13.8 Å². The Bertz CT molecular complexity index is 1030. The van der Waals surface area contributed by atoms with Gasteiger partial charge >= 0.3 is 5.97 Å². The molecule has 4 rings (SSSR count). The molecule has 0 N–H and O–H groups in total. The molecule has 0 aromatic carbocycles. The summed E-state index contributed by atoms with van der Waals surface area (Å²) >= 11 is 2.88. The van der Waals surface area contributed by atoms with Crippen molar-refractivity contribution in [1.82, 2.24) is 14.4 Å². The number of esters is 1. The quantitative estimate of drug-likeness (QED) is 0.658. The number of aromatic nitrogens is 3. The Morgan fingerprint density at radius 2 is 2.04 bits per heavy atom. The van der Waals surface area contributed by atoms with E-state index in [0.29, 0.717) is 21.2 Å². The van der Waals surface area contributed by atoms with Gasteiger partial charge in [0.1, 0.15) is 11.5 Å². The molecule has 0 spiro atoms. The van der Waals surface area contributed by atoms with E-state index in [2.05, 4.69) is 9.97 Å². The molecule has 0 aliphatic heterocycles. The van der Waals surface area contributed by atoms with Gasteiger partial charge in [-0.3, -0.25) is 9.20 Å². The molecule has 0 unspecified atom stereocenters. The Hall–Kier alpha value is -2.06. The number of thiazole rings is 2. The minimum absolute atomic E-state index is 0.0104. The van der Waals surface area contributed by atoms with Crippen LogP contribution in [0.15, 0.2) is 10.9 Å². The van der Waals surface area contributed by atoms with Crippen LogP contribution in [0.3, 0.4) is 0 Å². The van der Waals surface area contributed by atoms with E-state index < -0.39 is 5.97 Å². The zero-order valence-electron chi connectivity index (χ0n) is 14.0. The highest BCUT2D eigenvalue weighted by Gasteiger charge is 2.19. The normalized spacial score (nSPS) is 13.8. The summed E-state index contributed by atoms with van der Waals surface area (Å²) in [7, 11) is 0. The SMILES string of the molecule is Cc1nc(C)c(C(=O)OCc2cc(=O)n3c4c(sc3n2)CCCC4)s1. The van der Waals surface area contributed by atoms with Crippen molar-refractivity contribution >= 4 is 33.6 Å². The number of carbonyl (C=O) groups excluding carboxylic acids is 1. The molecule has 1 aliphatic carbocycles. The molecule has 0 fully saturated rings. The maximum absolute atomic E-state index is 12.5. The molecule has 3 aromatic heterocycles. The first-order chi connectivity index (χ1) is 12.0. The van der Waals surface area contributed by atoms with Crippen molar-refractivity contribution in [2.75, 3.05) is 0 Å². The number of fused-ring (bicyclic) bond motifs is 3. The van der Waals surface area contributed by atoms with E-state index in [4.69, 9.17) is 4.74 Å². The molecule has 6 nitrogen and oxygen atoms in total. The molecule has 0 amide bonds. The van der Waals surface area contributed by atoms with Gasteiger partial charge in [0.25, 0.3) is 5.56 Å². The summed E-state index contributed by atoms with van der Waals surface area (Å²) in [4.78, 5) is 35.9. The van der Waals surface area contributed by atoms with E-state index in [-0.39, 0.29) is 12.2 Å². The van der Waals surface area contributed by atoms with Crippen LogP contribution in [-0.4, -0.2) is 20.3 Å². The first-order valence-corrected chi connectivity index (χ1v) is 9.80. The first kappa shape index (κ1) is 16.4. The molecule has 0 saturated heterocycles. The number of hydrogen-bond donors (Lipinski definition) is 0. The predicted octanol–water partition coefficient (Wildman–Crippen LogP) is 3.07. The Morgan fingerprint density at radius 1 is 1.24 bits per heavy atom. The lowest BCUT2D eigenvalue weighted by Gasteiger charge is -2.10. The fourth-order valence-electron chi connectivity index (χ4n) is 3.14. The number of nitrogens with zero attached hydrogens (tertiary/aromatic N) is 3. The van der Waals surface area contributed by atoms with Crippen LogP contribution in [0.25, 0.3) is 4.96 Å². The molecule has 0 saturated carbocycles. The molecule has 0 radical (unpaired) electrons. The molecule has 3 aromatic rings. The third kappa shape index (κ3) is 3.00. The number of aryl methyl sites for hydroxylation is 4. The third-order valence-electron chi connectivity index (χ3n) is 4.25. The van der Waals surface area contributed by atoms with E-state index >= 15 is 0 Å². The molecule has 130 valence electrons. The monoisotopic (exact) mass is 375 g/mol. The Morgan fingerprint density at radius 3 is 2.80 bits per heavy atom. The van der Waals surface area contributed by atoms with E-state index in [1.807, 2.05) is 6.92 Å². The van der Waals surface area contributed by atoms with E-state index in [9.17, 15) is 9.59 Å². The van der Waals surface area contributed by atoms with Crippen LogP contribution in [0.2, 0.25) is 0 Å².